The van der Waals surface area contributed by atoms with Crippen LogP contribution in [-0.2, 0) is 0 Å². The van der Waals surface area contributed by atoms with Crippen molar-refractivity contribution in [1.29, 1.82) is 0 Å². The summed E-state index contributed by atoms with van der Waals surface area (Å²) in [6.45, 7) is 5.88. The molecule has 2 heterocycles. The van der Waals surface area contributed by atoms with Crippen LogP contribution in [0.25, 0.3) is 11.0 Å². The van der Waals surface area contributed by atoms with E-state index in [1.807, 2.05) is 18.5 Å². The van der Waals surface area contributed by atoms with Crippen molar-refractivity contribution in [3.8, 4) is 5.75 Å². The van der Waals surface area contributed by atoms with Gasteiger partial charge in [-0.1, -0.05) is 0 Å². The SMILES string of the molecule is COc1ccc(N)c(NC(=O)c2cc3cnn(C(C)C)c3nc2C)c1. The van der Waals surface area contributed by atoms with E-state index in [1.165, 1.54) is 0 Å². The molecule has 0 unspecified atom stereocenters. The van der Waals surface area contributed by atoms with E-state index in [0.29, 0.717) is 28.4 Å². The first-order valence-corrected chi connectivity index (χ1v) is 8.00. The predicted molar refractivity (Wildman–Crippen MR) is 98.0 cm³/mol. The van der Waals surface area contributed by atoms with Crippen LogP contribution >= 0.6 is 0 Å². The van der Waals surface area contributed by atoms with Crippen molar-refractivity contribution in [1.82, 2.24) is 14.8 Å². The minimum atomic E-state index is -0.274. The molecule has 3 N–H and O–H groups in total. The second kappa shape index (κ2) is 6.43. The molecule has 0 aliphatic carbocycles. The van der Waals surface area contributed by atoms with Crippen molar-refractivity contribution < 1.29 is 9.53 Å². The Morgan fingerprint density at radius 3 is 2.76 bits per heavy atom. The van der Waals surface area contributed by atoms with Crippen LogP contribution < -0.4 is 15.8 Å². The fraction of sp³-hybridized carbons (Fsp3) is 0.278. The third-order valence-corrected chi connectivity index (χ3v) is 4.00. The molecule has 0 aliphatic heterocycles. The van der Waals surface area contributed by atoms with E-state index in [4.69, 9.17) is 10.5 Å². The maximum Gasteiger partial charge on any atom is 0.257 e. The Hall–Kier alpha value is -3.09. The number of nitrogens with one attached hydrogen (secondary N) is 1. The van der Waals surface area contributed by atoms with E-state index in [1.54, 1.807) is 44.5 Å². The number of rotatable bonds is 4. The second-order valence-corrected chi connectivity index (χ2v) is 6.12. The number of nitrogens with zero attached hydrogens (tertiary/aromatic N) is 3. The summed E-state index contributed by atoms with van der Waals surface area (Å²) in [5, 5.41) is 7.99. The summed E-state index contributed by atoms with van der Waals surface area (Å²) in [5.74, 6) is 0.345. The number of pyridine rings is 1. The monoisotopic (exact) mass is 339 g/mol. The van der Waals surface area contributed by atoms with Crippen LogP contribution in [0.3, 0.4) is 0 Å². The number of fused-ring (bicyclic) bond motifs is 1. The van der Waals surface area contributed by atoms with Gasteiger partial charge < -0.3 is 15.8 Å². The van der Waals surface area contributed by atoms with Gasteiger partial charge >= 0.3 is 0 Å². The summed E-state index contributed by atoms with van der Waals surface area (Å²) in [6, 6.07) is 7.11. The zero-order chi connectivity index (χ0) is 18.1. The van der Waals surface area contributed by atoms with Crippen LogP contribution in [0, 0.1) is 6.92 Å². The molecule has 2 aromatic heterocycles. The fourth-order valence-corrected chi connectivity index (χ4v) is 2.63. The molecule has 130 valence electrons. The van der Waals surface area contributed by atoms with Gasteiger partial charge in [0, 0.05) is 17.5 Å². The normalized spacial score (nSPS) is 11.1. The highest BCUT2D eigenvalue weighted by molar-refractivity contribution is 6.08. The minimum absolute atomic E-state index is 0.195. The molecule has 3 rings (SSSR count). The molecule has 0 saturated carbocycles. The molecule has 0 aliphatic rings. The number of benzene rings is 1. The number of hydrogen-bond donors (Lipinski definition) is 2. The molecular weight excluding hydrogens is 318 g/mol. The first-order chi connectivity index (χ1) is 11.9. The van der Waals surface area contributed by atoms with Crippen LogP contribution in [-0.4, -0.2) is 27.8 Å². The van der Waals surface area contributed by atoms with Crippen molar-refractivity contribution in [3.63, 3.8) is 0 Å². The summed E-state index contributed by atoms with van der Waals surface area (Å²) >= 11 is 0. The highest BCUT2D eigenvalue weighted by Gasteiger charge is 2.16. The third-order valence-electron chi connectivity index (χ3n) is 4.00. The molecule has 1 aromatic carbocycles. The maximum absolute atomic E-state index is 12.7. The molecule has 0 atom stereocenters. The van der Waals surface area contributed by atoms with Crippen molar-refractivity contribution in [2.45, 2.75) is 26.8 Å². The van der Waals surface area contributed by atoms with Gasteiger partial charge in [0.05, 0.1) is 35.9 Å². The van der Waals surface area contributed by atoms with Gasteiger partial charge in [0.15, 0.2) is 5.65 Å². The molecule has 7 nitrogen and oxygen atoms in total. The predicted octanol–water partition coefficient (Wildman–Crippen LogP) is 3.16. The average Bonchev–Trinajstić information content (AvgIpc) is 2.98. The first kappa shape index (κ1) is 16.8. The molecule has 0 bridgehead atoms. The number of methoxy groups -OCH3 is 1. The molecule has 1 amide bonds. The van der Waals surface area contributed by atoms with Crippen LogP contribution in [0.15, 0.2) is 30.5 Å². The van der Waals surface area contributed by atoms with Crippen molar-refractivity contribution in [2.75, 3.05) is 18.2 Å². The van der Waals surface area contributed by atoms with Gasteiger partial charge in [-0.25, -0.2) is 9.67 Å². The van der Waals surface area contributed by atoms with Crippen LogP contribution in [0.1, 0.15) is 35.9 Å². The highest BCUT2D eigenvalue weighted by Crippen LogP contribution is 2.26. The third kappa shape index (κ3) is 3.13. The van der Waals surface area contributed by atoms with Gasteiger partial charge in [-0.3, -0.25) is 4.79 Å². The van der Waals surface area contributed by atoms with E-state index >= 15 is 0 Å². The zero-order valence-corrected chi connectivity index (χ0v) is 14.7. The zero-order valence-electron chi connectivity index (χ0n) is 14.7. The molecule has 7 heteroatoms. The largest absolute Gasteiger partial charge is 0.497 e. The Morgan fingerprint density at radius 1 is 1.32 bits per heavy atom. The van der Waals surface area contributed by atoms with E-state index in [-0.39, 0.29) is 11.9 Å². The number of ether oxygens (including phenoxy) is 1. The Kier molecular flexibility index (Phi) is 4.31. The van der Waals surface area contributed by atoms with E-state index in [2.05, 4.69) is 15.4 Å². The first-order valence-electron chi connectivity index (χ1n) is 8.00. The Morgan fingerprint density at radius 2 is 2.08 bits per heavy atom. The van der Waals surface area contributed by atoms with Crippen LogP contribution in [0.4, 0.5) is 11.4 Å². The Bertz CT molecular complexity index is 946. The van der Waals surface area contributed by atoms with Crippen molar-refractivity contribution in [3.05, 3.63) is 41.7 Å². The standard InChI is InChI=1S/C18H21N5O2/c1-10(2)23-17-12(9-20-23)7-14(11(3)21-17)18(24)22-16-8-13(25-4)5-6-15(16)19/h5-10H,19H2,1-4H3,(H,22,24). The van der Waals surface area contributed by atoms with Gasteiger partial charge in [-0.2, -0.15) is 5.10 Å². The lowest BCUT2D eigenvalue weighted by atomic mass is 10.1. The van der Waals surface area contributed by atoms with Crippen molar-refractivity contribution >= 4 is 28.3 Å². The molecule has 0 spiro atoms. The Balaban J connectivity index is 1.96. The second-order valence-electron chi connectivity index (χ2n) is 6.12. The molecule has 0 fully saturated rings. The number of carbonyl (C=O) groups is 1. The number of hydrogen-bond acceptors (Lipinski definition) is 5. The number of amides is 1. The lowest BCUT2D eigenvalue weighted by Gasteiger charge is -2.12. The molecular formula is C18H21N5O2. The van der Waals surface area contributed by atoms with E-state index in [9.17, 15) is 4.79 Å². The van der Waals surface area contributed by atoms with Crippen LogP contribution in [0.5, 0.6) is 5.75 Å². The number of aryl methyl sites for hydroxylation is 1. The topological polar surface area (TPSA) is 95.1 Å². The highest BCUT2D eigenvalue weighted by atomic mass is 16.5. The van der Waals surface area contributed by atoms with Gasteiger partial charge in [0.1, 0.15) is 5.75 Å². The average molecular weight is 339 g/mol. The minimum Gasteiger partial charge on any atom is -0.497 e. The number of aromatic nitrogens is 3. The summed E-state index contributed by atoms with van der Waals surface area (Å²) in [4.78, 5) is 17.3. The number of nitrogen functional groups attached to an aromatic ring is 1. The number of carbonyl (C=O) groups excluding carboxylic acids is 1. The fourth-order valence-electron chi connectivity index (χ4n) is 2.63. The molecule has 3 aromatic rings. The lowest BCUT2D eigenvalue weighted by molar-refractivity contribution is 0.102. The maximum atomic E-state index is 12.7. The number of nitrogens with two attached hydrogens (primary N) is 1. The Labute approximate surface area is 145 Å². The smallest absolute Gasteiger partial charge is 0.257 e. The number of anilines is 2. The summed E-state index contributed by atoms with van der Waals surface area (Å²) in [5.41, 5.74) is 8.79. The quantitative estimate of drug-likeness (QED) is 0.712. The van der Waals surface area contributed by atoms with Crippen molar-refractivity contribution in [2.24, 2.45) is 0 Å². The molecule has 25 heavy (non-hydrogen) atoms. The summed E-state index contributed by atoms with van der Waals surface area (Å²) < 4.78 is 7.01. The van der Waals surface area contributed by atoms with Gasteiger partial charge in [-0.15, -0.1) is 0 Å². The molecule has 0 radical (unpaired) electrons. The van der Waals surface area contributed by atoms with Gasteiger partial charge in [0.25, 0.3) is 5.91 Å². The van der Waals surface area contributed by atoms with Gasteiger partial charge in [-0.05, 0) is 39.0 Å². The summed E-state index contributed by atoms with van der Waals surface area (Å²) in [6.07, 6.45) is 1.72. The lowest BCUT2D eigenvalue weighted by Crippen LogP contribution is -2.15. The van der Waals surface area contributed by atoms with Gasteiger partial charge in [0.2, 0.25) is 0 Å². The van der Waals surface area contributed by atoms with E-state index in [0.717, 1.165) is 11.0 Å². The summed E-state index contributed by atoms with van der Waals surface area (Å²) in [7, 11) is 1.56. The van der Waals surface area contributed by atoms with E-state index < -0.39 is 0 Å². The van der Waals surface area contributed by atoms with Crippen LogP contribution in [0.2, 0.25) is 0 Å². The molecule has 0 saturated heterocycles.